The van der Waals surface area contributed by atoms with E-state index in [0.717, 1.165) is 12.2 Å². The molecule has 2 aromatic carbocycles. The maximum absolute atomic E-state index is 6.04. The van der Waals surface area contributed by atoms with E-state index in [-0.39, 0.29) is 0 Å². The first-order valence-corrected chi connectivity index (χ1v) is 6.52. The van der Waals surface area contributed by atoms with Crippen molar-refractivity contribution in [2.45, 2.75) is 20.3 Å². The van der Waals surface area contributed by atoms with Crippen molar-refractivity contribution < 1.29 is 9.47 Å². The number of nitrogens with two attached hydrogens (primary N) is 1. The summed E-state index contributed by atoms with van der Waals surface area (Å²) in [6.07, 6.45) is 0.978. The minimum Gasteiger partial charge on any atom is -0.492 e. The van der Waals surface area contributed by atoms with Crippen molar-refractivity contribution in [2.75, 3.05) is 12.3 Å². The Hall–Kier alpha value is -2.16. The molecule has 0 fully saturated rings. The highest BCUT2D eigenvalue weighted by molar-refractivity contribution is 5.63. The van der Waals surface area contributed by atoms with E-state index < -0.39 is 0 Å². The molecular formula is C16H19NO2. The second-order valence-corrected chi connectivity index (χ2v) is 4.20. The summed E-state index contributed by atoms with van der Waals surface area (Å²) in [4.78, 5) is 0. The number of para-hydroxylation sites is 1. The maximum atomic E-state index is 6.04. The summed E-state index contributed by atoms with van der Waals surface area (Å²) < 4.78 is 11.3. The maximum Gasteiger partial charge on any atom is 0.154 e. The smallest absolute Gasteiger partial charge is 0.154 e. The van der Waals surface area contributed by atoms with Crippen LogP contribution in [-0.4, -0.2) is 6.61 Å². The molecule has 0 atom stereocenters. The lowest BCUT2D eigenvalue weighted by Gasteiger charge is -2.12. The number of nitrogen functional groups attached to an aromatic ring is 1. The van der Waals surface area contributed by atoms with Crippen LogP contribution in [0.3, 0.4) is 0 Å². The third-order valence-corrected chi connectivity index (χ3v) is 2.86. The Morgan fingerprint density at radius 2 is 1.74 bits per heavy atom. The molecule has 0 aliphatic carbocycles. The standard InChI is InChI=1S/C16H19NO2/c1-3-12-7-5-8-13(11-12)19-15-10-6-9-14(16(15)17)18-4-2/h5-11H,3-4,17H2,1-2H3. The van der Waals surface area contributed by atoms with Crippen molar-refractivity contribution in [3.8, 4) is 17.2 Å². The van der Waals surface area contributed by atoms with E-state index in [1.54, 1.807) is 0 Å². The highest BCUT2D eigenvalue weighted by Crippen LogP contribution is 2.34. The molecule has 19 heavy (non-hydrogen) atoms. The van der Waals surface area contributed by atoms with Gasteiger partial charge >= 0.3 is 0 Å². The molecule has 0 aliphatic heterocycles. The third kappa shape index (κ3) is 3.19. The van der Waals surface area contributed by atoms with Gasteiger partial charge in [-0.25, -0.2) is 0 Å². The topological polar surface area (TPSA) is 44.5 Å². The molecule has 0 spiro atoms. The Morgan fingerprint density at radius 3 is 2.47 bits per heavy atom. The first-order valence-electron chi connectivity index (χ1n) is 6.52. The van der Waals surface area contributed by atoms with Crippen LogP contribution in [0, 0.1) is 0 Å². The summed E-state index contributed by atoms with van der Waals surface area (Å²) in [5, 5.41) is 0. The molecule has 0 saturated carbocycles. The lowest BCUT2D eigenvalue weighted by Crippen LogP contribution is -1.99. The van der Waals surface area contributed by atoms with Crippen LogP contribution in [0.4, 0.5) is 5.69 Å². The Morgan fingerprint density at radius 1 is 1.00 bits per heavy atom. The molecule has 0 radical (unpaired) electrons. The molecule has 3 nitrogen and oxygen atoms in total. The molecule has 0 heterocycles. The van der Waals surface area contributed by atoms with Crippen LogP contribution < -0.4 is 15.2 Å². The highest BCUT2D eigenvalue weighted by Gasteiger charge is 2.08. The number of rotatable bonds is 5. The predicted octanol–water partition coefficient (Wildman–Crippen LogP) is 4.02. The molecule has 0 unspecified atom stereocenters. The molecule has 0 amide bonds. The molecule has 0 aliphatic rings. The molecule has 0 bridgehead atoms. The second-order valence-electron chi connectivity index (χ2n) is 4.20. The Bertz CT molecular complexity index is 552. The lowest BCUT2D eigenvalue weighted by molar-refractivity contribution is 0.340. The Balaban J connectivity index is 2.25. The Labute approximate surface area is 114 Å². The predicted molar refractivity (Wildman–Crippen MR) is 77.9 cm³/mol. The van der Waals surface area contributed by atoms with Gasteiger partial charge in [0.1, 0.15) is 17.2 Å². The van der Waals surface area contributed by atoms with Crippen molar-refractivity contribution in [1.82, 2.24) is 0 Å². The number of anilines is 1. The van der Waals surface area contributed by atoms with Crippen LogP contribution in [-0.2, 0) is 6.42 Å². The number of benzene rings is 2. The van der Waals surface area contributed by atoms with Crippen LogP contribution in [0.5, 0.6) is 17.2 Å². The van der Waals surface area contributed by atoms with Crippen LogP contribution in [0.15, 0.2) is 42.5 Å². The van der Waals surface area contributed by atoms with Crippen LogP contribution >= 0.6 is 0 Å². The average Bonchev–Trinajstić information content (AvgIpc) is 2.44. The van der Waals surface area contributed by atoms with E-state index >= 15 is 0 Å². The zero-order valence-electron chi connectivity index (χ0n) is 11.3. The molecule has 2 aromatic rings. The molecular weight excluding hydrogens is 238 g/mol. The minimum atomic E-state index is 0.534. The zero-order chi connectivity index (χ0) is 13.7. The summed E-state index contributed by atoms with van der Waals surface area (Å²) in [6.45, 7) is 4.62. The van der Waals surface area contributed by atoms with Crippen LogP contribution in [0.25, 0.3) is 0 Å². The fourth-order valence-corrected chi connectivity index (χ4v) is 1.85. The van der Waals surface area contributed by atoms with Gasteiger partial charge in [0.15, 0.2) is 5.75 Å². The SMILES string of the molecule is CCOc1cccc(Oc2cccc(CC)c2)c1N. The summed E-state index contributed by atoms with van der Waals surface area (Å²) in [6, 6.07) is 13.6. The minimum absolute atomic E-state index is 0.534. The molecule has 100 valence electrons. The molecule has 0 saturated heterocycles. The van der Waals surface area contributed by atoms with Gasteiger partial charge in [-0.15, -0.1) is 0 Å². The van der Waals surface area contributed by atoms with Gasteiger partial charge in [0, 0.05) is 0 Å². The van der Waals surface area contributed by atoms with E-state index in [2.05, 4.69) is 13.0 Å². The van der Waals surface area contributed by atoms with Gasteiger partial charge < -0.3 is 15.2 Å². The van der Waals surface area contributed by atoms with Gasteiger partial charge in [0.25, 0.3) is 0 Å². The molecule has 2 rings (SSSR count). The summed E-state index contributed by atoms with van der Waals surface area (Å²) in [7, 11) is 0. The van der Waals surface area contributed by atoms with E-state index in [9.17, 15) is 0 Å². The number of ether oxygens (including phenoxy) is 2. The molecule has 3 heteroatoms. The van der Waals surface area contributed by atoms with Gasteiger partial charge in [-0.3, -0.25) is 0 Å². The quantitative estimate of drug-likeness (QED) is 0.823. The number of hydrogen-bond donors (Lipinski definition) is 1. The summed E-state index contributed by atoms with van der Waals surface area (Å²) in [5.74, 6) is 2.07. The highest BCUT2D eigenvalue weighted by atomic mass is 16.5. The van der Waals surface area contributed by atoms with Gasteiger partial charge in [-0.05, 0) is 43.2 Å². The normalized spacial score (nSPS) is 10.2. The van der Waals surface area contributed by atoms with Crippen LogP contribution in [0.2, 0.25) is 0 Å². The van der Waals surface area contributed by atoms with Gasteiger partial charge in [-0.2, -0.15) is 0 Å². The van der Waals surface area contributed by atoms with Crippen molar-refractivity contribution in [1.29, 1.82) is 0 Å². The second kappa shape index (κ2) is 6.14. The van der Waals surface area contributed by atoms with Crippen LogP contribution in [0.1, 0.15) is 19.4 Å². The zero-order valence-corrected chi connectivity index (χ0v) is 11.3. The average molecular weight is 257 g/mol. The van der Waals surface area contributed by atoms with E-state index in [1.807, 2.05) is 43.3 Å². The van der Waals surface area contributed by atoms with Crippen molar-refractivity contribution in [3.05, 3.63) is 48.0 Å². The van der Waals surface area contributed by atoms with E-state index in [4.69, 9.17) is 15.2 Å². The lowest BCUT2D eigenvalue weighted by atomic mass is 10.2. The van der Waals surface area contributed by atoms with E-state index in [1.165, 1.54) is 5.56 Å². The first kappa shape index (κ1) is 13.3. The molecule has 2 N–H and O–H groups in total. The molecule has 0 aromatic heterocycles. The number of aryl methyl sites for hydroxylation is 1. The fraction of sp³-hybridized carbons (Fsp3) is 0.250. The summed E-state index contributed by atoms with van der Waals surface area (Å²) >= 11 is 0. The van der Waals surface area contributed by atoms with Gasteiger partial charge in [-0.1, -0.05) is 25.1 Å². The monoisotopic (exact) mass is 257 g/mol. The summed E-state index contributed by atoms with van der Waals surface area (Å²) in [5.41, 5.74) is 7.80. The van der Waals surface area contributed by atoms with Crippen molar-refractivity contribution in [3.63, 3.8) is 0 Å². The third-order valence-electron chi connectivity index (χ3n) is 2.86. The van der Waals surface area contributed by atoms with Gasteiger partial charge in [0.05, 0.1) is 6.61 Å². The fourth-order valence-electron chi connectivity index (χ4n) is 1.85. The largest absolute Gasteiger partial charge is 0.492 e. The van der Waals surface area contributed by atoms with Crippen molar-refractivity contribution in [2.24, 2.45) is 0 Å². The number of hydrogen-bond acceptors (Lipinski definition) is 3. The van der Waals surface area contributed by atoms with Gasteiger partial charge in [0.2, 0.25) is 0 Å². The van der Waals surface area contributed by atoms with Crippen molar-refractivity contribution >= 4 is 5.69 Å². The first-order chi connectivity index (χ1) is 9.24. The van der Waals surface area contributed by atoms with E-state index in [0.29, 0.717) is 23.8 Å². The Kier molecular flexibility index (Phi) is 4.29.